The van der Waals surface area contributed by atoms with Crippen molar-refractivity contribution in [2.24, 2.45) is 0 Å². The minimum atomic E-state index is -0.476. The molecule has 2 N–H and O–H groups in total. The summed E-state index contributed by atoms with van der Waals surface area (Å²) in [4.78, 5) is 94.0. The molecule has 2 aromatic rings. The fourth-order valence-electron chi connectivity index (χ4n) is 4.38. The molecule has 4 aliphatic rings. The number of anilines is 2. The first-order chi connectivity index (χ1) is 19.5. The minimum Gasteiger partial charge on any atom is -0.289 e. The minimum absolute atomic E-state index is 0.242. The van der Waals surface area contributed by atoms with E-state index in [2.05, 4.69) is 10.6 Å². The molecule has 4 heterocycles. The van der Waals surface area contributed by atoms with Crippen LogP contribution in [0.5, 0.6) is 0 Å². The van der Waals surface area contributed by atoms with E-state index < -0.39 is 47.3 Å². The average Bonchev–Trinajstić information content (AvgIpc) is 3.66. The van der Waals surface area contributed by atoms with E-state index in [0.29, 0.717) is 22.5 Å². The first kappa shape index (κ1) is 26.6. The summed E-state index contributed by atoms with van der Waals surface area (Å²) >= 11 is 0. The van der Waals surface area contributed by atoms with Gasteiger partial charge in [-0.15, -0.1) is 0 Å². The maximum atomic E-state index is 11.7. The van der Waals surface area contributed by atoms with Gasteiger partial charge in [-0.2, -0.15) is 0 Å². The highest BCUT2D eigenvalue weighted by Crippen LogP contribution is 2.28. The van der Waals surface area contributed by atoms with Gasteiger partial charge >= 0.3 is 0 Å². The van der Waals surface area contributed by atoms with Crippen LogP contribution in [-0.4, -0.2) is 47.3 Å². The fraction of sp³-hybridized carbons (Fsp3) is 0.0345. The smallest absolute Gasteiger partial charge is 0.258 e. The quantitative estimate of drug-likeness (QED) is 0.523. The molecule has 4 aliphatic heterocycles. The second-order valence-electron chi connectivity index (χ2n) is 8.99. The Balaban J connectivity index is 0.000000165. The van der Waals surface area contributed by atoms with E-state index in [1.807, 2.05) is 0 Å². The standard InChI is InChI=1S/C15H10N2O4.C14H8N2O4/c1-7-2-3-8(10-5-12(18)16-14(10)20)4-9(7)11-6-13(19)17-15(11)21;17-11-5-6-12(18)15(11)9-1-2-10(4-3-9)16-13(19)7-8-14(16)20/h2-6H,1H3,(H,16,18,20)(H,17,19,21);1-8H. The van der Waals surface area contributed by atoms with Crippen molar-refractivity contribution in [2.45, 2.75) is 6.92 Å². The van der Waals surface area contributed by atoms with E-state index in [1.165, 1.54) is 60.7 Å². The second-order valence-corrected chi connectivity index (χ2v) is 8.99. The van der Waals surface area contributed by atoms with Gasteiger partial charge in [0.05, 0.1) is 22.5 Å². The van der Waals surface area contributed by atoms with Crippen molar-refractivity contribution < 1.29 is 38.4 Å². The van der Waals surface area contributed by atoms with Crippen molar-refractivity contribution in [2.75, 3.05) is 9.80 Å². The third-order valence-electron chi connectivity index (χ3n) is 6.34. The molecule has 0 atom stereocenters. The molecule has 0 saturated carbocycles. The molecule has 12 heteroatoms. The number of amides is 8. The molecule has 8 amide bonds. The molecule has 0 radical (unpaired) electrons. The van der Waals surface area contributed by atoms with Crippen LogP contribution in [0.3, 0.4) is 0 Å². The van der Waals surface area contributed by atoms with E-state index in [1.54, 1.807) is 25.1 Å². The summed E-state index contributed by atoms with van der Waals surface area (Å²) in [6.45, 7) is 1.80. The summed E-state index contributed by atoms with van der Waals surface area (Å²) in [5, 5.41) is 4.35. The van der Waals surface area contributed by atoms with Crippen LogP contribution < -0.4 is 20.4 Å². The zero-order valence-electron chi connectivity index (χ0n) is 21.2. The topological polar surface area (TPSA) is 167 Å². The Morgan fingerprint density at radius 1 is 0.537 bits per heavy atom. The molecule has 6 rings (SSSR count). The van der Waals surface area contributed by atoms with Gasteiger partial charge in [0, 0.05) is 36.5 Å². The Labute approximate surface area is 231 Å². The van der Waals surface area contributed by atoms with Gasteiger partial charge in [-0.3, -0.25) is 49.0 Å². The lowest BCUT2D eigenvalue weighted by Gasteiger charge is -2.17. The number of carbonyl (C=O) groups excluding carboxylic acids is 8. The molecule has 0 aromatic heterocycles. The summed E-state index contributed by atoms with van der Waals surface area (Å²) < 4.78 is 0. The van der Waals surface area contributed by atoms with Crippen LogP contribution in [-0.2, 0) is 38.4 Å². The Hall–Kier alpha value is -6.04. The predicted molar refractivity (Wildman–Crippen MR) is 143 cm³/mol. The van der Waals surface area contributed by atoms with Gasteiger partial charge in [0.1, 0.15) is 0 Å². The maximum Gasteiger partial charge on any atom is 0.258 e. The summed E-state index contributed by atoms with van der Waals surface area (Å²) in [5.41, 5.74) is 3.15. The normalized spacial score (nSPS) is 17.7. The van der Waals surface area contributed by atoms with Gasteiger partial charge in [0.15, 0.2) is 0 Å². The number of imide groups is 4. The number of aryl methyl sites for hydroxylation is 1. The van der Waals surface area contributed by atoms with Gasteiger partial charge in [0.25, 0.3) is 47.3 Å². The van der Waals surface area contributed by atoms with Crippen LogP contribution in [0, 0.1) is 6.92 Å². The lowest BCUT2D eigenvalue weighted by atomic mass is 9.95. The van der Waals surface area contributed by atoms with E-state index in [9.17, 15) is 38.4 Å². The number of nitrogens with one attached hydrogen (secondary N) is 2. The Morgan fingerprint density at radius 2 is 0.951 bits per heavy atom. The first-order valence-corrected chi connectivity index (χ1v) is 12.0. The molecule has 202 valence electrons. The molecule has 0 bridgehead atoms. The van der Waals surface area contributed by atoms with Gasteiger partial charge in [-0.05, 0) is 53.9 Å². The van der Waals surface area contributed by atoms with Crippen molar-refractivity contribution in [3.05, 3.63) is 95.6 Å². The summed E-state index contributed by atoms with van der Waals surface area (Å²) in [5.74, 6) is -3.55. The number of nitrogens with zero attached hydrogens (tertiary/aromatic N) is 2. The predicted octanol–water partition coefficient (Wildman–Crippen LogP) is 0.620. The van der Waals surface area contributed by atoms with Crippen LogP contribution >= 0.6 is 0 Å². The zero-order valence-corrected chi connectivity index (χ0v) is 21.2. The molecule has 0 spiro atoms. The molecular weight excluding hydrogens is 532 g/mol. The molecule has 41 heavy (non-hydrogen) atoms. The molecule has 0 aliphatic carbocycles. The van der Waals surface area contributed by atoms with E-state index in [4.69, 9.17) is 0 Å². The lowest BCUT2D eigenvalue weighted by molar-refractivity contribution is -0.124. The molecule has 0 fully saturated rings. The monoisotopic (exact) mass is 550 g/mol. The van der Waals surface area contributed by atoms with Crippen LogP contribution in [0.1, 0.15) is 16.7 Å². The number of hydrogen-bond donors (Lipinski definition) is 2. The van der Waals surface area contributed by atoms with E-state index in [-0.39, 0.29) is 11.1 Å². The highest BCUT2D eigenvalue weighted by Gasteiger charge is 2.28. The summed E-state index contributed by atoms with van der Waals surface area (Å²) in [7, 11) is 0. The van der Waals surface area contributed by atoms with Gasteiger partial charge in [-0.25, -0.2) is 9.80 Å². The SMILES string of the molecule is Cc1ccc(C2=CC(=O)NC2=O)cc1C1=CC(=O)NC1=O.O=C1C=CC(=O)N1c1ccc(N2C(=O)C=CC2=O)cc1. The average molecular weight is 550 g/mol. The Kier molecular flexibility index (Phi) is 6.65. The van der Waals surface area contributed by atoms with Crippen molar-refractivity contribution in [3.8, 4) is 0 Å². The highest BCUT2D eigenvalue weighted by molar-refractivity contribution is 6.35. The van der Waals surface area contributed by atoms with Crippen molar-refractivity contribution in [1.29, 1.82) is 0 Å². The number of carbonyl (C=O) groups is 8. The van der Waals surface area contributed by atoms with Crippen molar-refractivity contribution >= 4 is 69.8 Å². The van der Waals surface area contributed by atoms with Crippen molar-refractivity contribution in [1.82, 2.24) is 10.6 Å². The van der Waals surface area contributed by atoms with Crippen molar-refractivity contribution in [3.63, 3.8) is 0 Å². The Morgan fingerprint density at radius 3 is 1.34 bits per heavy atom. The van der Waals surface area contributed by atoms with Crippen LogP contribution in [0.15, 0.2) is 78.9 Å². The fourth-order valence-corrected chi connectivity index (χ4v) is 4.38. The number of hydrogen-bond acceptors (Lipinski definition) is 8. The zero-order chi connectivity index (χ0) is 29.4. The van der Waals surface area contributed by atoms with Gasteiger partial charge in [0.2, 0.25) is 0 Å². The second kappa shape index (κ2) is 10.3. The third-order valence-corrected chi connectivity index (χ3v) is 6.34. The summed E-state index contributed by atoms with van der Waals surface area (Å²) in [6.07, 6.45) is 7.19. The molecule has 0 unspecified atom stereocenters. The Bertz CT molecular complexity index is 1650. The first-order valence-electron chi connectivity index (χ1n) is 12.0. The van der Waals surface area contributed by atoms with Gasteiger partial charge in [-0.1, -0.05) is 12.1 Å². The maximum absolute atomic E-state index is 11.7. The van der Waals surface area contributed by atoms with E-state index >= 15 is 0 Å². The van der Waals surface area contributed by atoms with Gasteiger partial charge < -0.3 is 0 Å². The third kappa shape index (κ3) is 5.04. The molecule has 0 saturated heterocycles. The number of rotatable bonds is 4. The van der Waals surface area contributed by atoms with Crippen LogP contribution in [0.4, 0.5) is 11.4 Å². The molecule has 2 aromatic carbocycles. The van der Waals surface area contributed by atoms with E-state index in [0.717, 1.165) is 15.4 Å². The van der Waals surface area contributed by atoms with Crippen LogP contribution in [0.25, 0.3) is 11.1 Å². The highest BCUT2D eigenvalue weighted by atomic mass is 16.2. The summed E-state index contributed by atoms with van der Waals surface area (Å²) in [6, 6.07) is 11.1. The largest absolute Gasteiger partial charge is 0.289 e. The molecular formula is C29H18N4O8. The lowest BCUT2D eigenvalue weighted by Crippen LogP contribution is -2.31. The molecule has 12 nitrogen and oxygen atoms in total. The van der Waals surface area contributed by atoms with Crippen LogP contribution in [0.2, 0.25) is 0 Å². The number of benzene rings is 2.